The highest BCUT2D eigenvalue weighted by Gasteiger charge is 2.35. The van der Waals surface area contributed by atoms with Gasteiger partial charge in [0.1, 0.15) is 0 Å². The largest absolute Gasteiger partial charge is 0.446 e. The Morgan fingerprint density at radius 1 is 1.15 bits per heavy atom. The van der Waals surface area contributed by atoms with E-state index in [4.69, 9.17) is 16.3 Å². The quantitative estimate of drug-likeness (QED) is 0.674. The molecule has 1 aliphatic heterocycles. The van der Waals surface area contributed by atoms with E-state index in [2.05, 4.69) is 10.1 Å². The van der Waals surface area contributed by atoms with Gasteiger partial charge in [-0.2, -0.15) is 5.01 Å². The molecule has 0 fully saturated rings. The molecule has 0 N–H and O–H groups in total. The molecule has 1 amide bonds. The highest BCUT2D eigenvalue weighted by molar-refractivity contribution is 6.33. The van der Waals surface area contributed by atoms with Gasteiger partial charge in [-0.1, -0.05) is 41.9 Å². The van der Waals surface area contributed by atoms with Crippen LogP contribution in [0.5, 0.6) is 0 Å². The maximum atomic E-state index is 12.2. The molecule has 0 unspecified atom stereocenters. The summed E-state index contributed by atoms with van der Waals surface area (Å²) in [5, 5.41) is 7.17. The summed E-state index contributed by atoms with van der Waals surface area (Å²) in [7, 11) is 0. The van der Waals surface area contributed by atoms with Crippen LogP contribution in [0.4, 0.5) is 0 Å². The van der Waals surface area contributed by atoms with Crippen molar-refractivity contribution in [2.75, 3.05) is 0 Å². The van der Waals surface area contributed by atoms with Crippen molar-refractivity contribution < 1.29 is 9.53 Å². The number of nitrogens with zero attached hydrogens (tertiary/aromatic N) is 3. The summed E-state index contributed by atoms with van der Waals surface area (Å²) in [6.07, 6.45) is -0.662. The maximum Gasteiger partial charge on any atom is 0.243 e. The molecule has 1 aliphatic rings. The molecule has 0 aliphatic carbocycles. The van der Waals surface area contributed by atoms with Crippen LogP contribution in [0, 0.1) is 6.92 Å². The molecule has 130 valence electrons. The van der Waals surface area contributed by atoms with E-state index < -0.39 is 6.23 Å². The number of para-hydroxylation sites is 1. The van der Waals surface area contributed by atoms with Crippen LogP contribution >= 0.6 is 11.6 Å². The third kappa shape index (κ3) is 2.80. The predicted molar refractivity (Wildman–Crippen MR) is 101 cm³/mol. The summed E-state index contributed by atoms with van der Waals surface area (Å²) in [4.78, 5) is 16.8. The zero-order chi connectivity index (χ0) is 18.3. The second-order valence-corrected chi connectivity index (χ2v) is 6.50. The first-order valence-electron chi connectivity index (χ1n) is 8.21. The van der Waals surface area contributed by atoms with Gasteiger partial charge in [-0.3, -0.25) is 9.78 Å². The maximum absolute atomic E-state index is 12.2. The molecule has 6 heteroatoms. The SMILES string of the molecule is CC(=O)N1N=C(c2ccccc2Cl)O[C@@H]1c1cc(C)nc2ccccc12. The van der Waals surface area contributed by atoms with Crippen molar-refractivity contribution in [2.45, 2.75) is 20.1 Å². The molecule has 1 aromatic heterocycles. The van der Waals surface area contributed by atoms with Crippen LogP contribution in [0.1, 0.15) is 30.0 Å². The number of rotatable bonds is 2. The van der Waals surface area contributed by atoms with Gasteiger partial charge >= 0.3 is 0 Å². The summed E-state index contributed by atoms with van der Waals surface area (Å²) in [5.74, 6) is 0.116. The molecule has 2 aromatic carbocycles. The van der Waals surface area contributed by atoms with E-state index in [0.29, 0.717) is 16.5 Å². The lowest BCUT2D eigenvalue weighted by Gasteiger charge is -2.21. The molecule has 5 nitrogen and oxygen atoms in total. The Bertz CT molecular complexity index is 1050. The molecule has 4 rings (SSSR count). The van der Waals surface area contributed by atoms with Crippen molar-refractivity contribution in [3.63, 3.8) is 0 Å². The molecular formula is C20H16ClN3O2. The van der Waals surface area contributed by atoms with Gasteiger partial charge < -0.3 is 4.74 Å². The van der Waals surface area contributed by atoms with Crippen molar-refractivity contribution in [1.82, 2.24) is 9.99 Å². The fraction of sp³-hybridized carbons (Fsp3) is 0.150. The highest BCUT2D eigenvalue weighted by atomic mass is 35.5. The molecule has 0 saturated carbocycles. The van der Waals surface area contributed by atoms with Gasteiger partial charge in [-0.05, 0) is 31.2 Å². The number of fused-ring (bicyclic) bond motifs is 1. The average Bonchev–Trinajstić information content (AvgIpc) is 3.06. The number of pyridine rings is 1. The number of carbonyl (C=O) groups excluding carboxylic acids is 1. The van der Waals surface area contributed by atoms with Crippen molar-refractivity contribution in [3.8, 4) is 0 Å². The Balaban J connectivity index is 1.83. The van der Waals surface area contributed by atoms with Crippen LogP contribution in [-0.4, -0.2) is 21.8 Å². The number of aromatic nitrogens is 1. The fourth-order valence-electron chi connectivity index (χ4n) is 3.06. The van der Waals surface area contributed by atoms with Crippen LogP contribution < -0.4 is 0 Å². The zero-order valence-electron chi connectivity index (χ0n) is 14.3. The molecule has 2 heterocycles. The van der Waals surface area contributed by atoms with Gasteiger partial charge in [-0.25, -0.2) is 0 Å². The molecule has 26 heavy (non-hydrogen) atoms. The Morgan fingerprint density at radius 3 is 2.65 bits per heavy atom. The minimum Gasteiger partial charge on any atom is -0.446 e. The lowest BCUT2D eigenvalue weighted by molar-refractivity contribution is -0.135. The van der Waals surface area contributed by atoms with Crippen LogP contribution in [0.3, 0.4) is 0 Å². The first-order valence-corrected chi connectivity index (χ1v) is 8.58. The highest BCUT2D eigenvalue weighted by Crippen LogP contribution is 2.35. The topological polar surface area (TPSA) is 54.8 Å². The Morgan fingerprint density at radius 2 is 1.88 bits per heavy atom. The number of hydrogen-bond acceptors (Lipinski definition) is 4. The van der Waals surface area contributed by atoms with Crippen LogP contribution in [0.15, 0.2) is 59.7 Å². The van der Waals surface area contributed by atoms with E-state index in [1.54, 1.807) is 6.07 Å². The van der Waals surface area contributed by atoms with Crippen LogP contribution in [0.25, 0.3) is 10.9 Å². The van der Waals surface area contributed by atoms with Crippen molar-refractivity contribution in [3.05, 3.63) is 76.4 Å². The van der Waals surface area contributed by atoms with Crippen molar-refractivity contribution in [2.24, 2.45) is 5.10 Å². The second kappa shape index (κ2) is 6.42. The molecule has 0 saturated heterocycles. The van der Waals surface area contributed by atoms with E-state index >= 15 is 0 Å². The molecule has 3 aromatic rings. The normalized spacial score (nSPS) is 16.5. The number of carbonyl (C=O) groups is 1. The molecular weight excluding hydrogens is 350 g/mol. The Labute approximate surface area is 155 Å². The molecule has 0 spiro atoms. The lowest BCUT2D eigenvalue weighted by atomic mass is 10.1. The van der Waals surface area contributed by atoms with Gasteiger partial charge in [0, 0.05) is 23.6 Å². The first-order chi connectivity index (χ1) is 12.5. The summed E-state index contributed by atoms with van der Waals surface area (Å²) < 4.78 is 6.09. The van der Waals surface area contributed by atoms with E-state index in [1.165, 1.54) is 11.9 Å². The average molecular weight is 366 g/mol. The van der Waals surface area contributed by atoms with Crippen LogP contribution in [-0.2, 0) is 9.53 Å². The number of halogens is 1. The van der Waals surface area contributed by atoms with E-state index in [9.17, 15) is 4.79 Å². The van der Waals surface area contributed by atoms with Crippen LogP contribution in [0.2, 0.25) is 5.02 Å². The smallest absolute Gasteiger partial charge is 0.243 e. The van der Waals surface area contributed by atoms with Gasteiger partial charge in [0.25, 0.3) is 0 Å². The minimum atomic E-state index is -0.662. The lowest BCUT2D eigenvalue weighted by Crippen LogP contribution is -2.25. The Hall–Kier alpha value is -2.92. The number of aryl methyl sites for hydroxylation is 1. The van der Waals surface area contributed by atoms with E-state index in [1.807, 2.05) is 55.5 Å². The predicted octanol–water partition coefficient (Wildman–Crippen LogP) is 4.44. The van der Waals surface area contributed by atoms with Gasteiger partial charge in [0.05, 0.1) is 16.1 Å². The first kappa shape index (κ1) is 16.5. The number of hydrazone groups is 1. The molecule has 1 atom stereocenters. The number of hydrogen-bond donors (Lipinski definition) is 0. The summed E-state index contributed by atoms with van der Waals surface area (Å²) >= 11 is 6.27. The van der Waals surface area contributed by atoms with Crippen molar-refractivity contribution in [1.29, 1.82) is 0 Å². The zero-order valence-corrected chi connectivity index (χ0v) is 15.1. The third-order valence-electron chi connectivity index (χ3n) is 4.21. The van der Waals surface area contributed by atoms with Gasteiger partial charge in [0.2, 0.25) is 18.0 Å². The van der Waals surface area contributed by atoms with E-state index in [0.717, 1.165) is 22.2 Å². The number of amides is 1. The van der Waals surface area contributed by atoms with Gasteiger partial charge in [0.15, 0.2) is 0 Å². The monoisotopic (exact) mass is 365 g/mol. The van der Waals surface area contributed by atoms with E-state index in [-0.39, 0.29) is 5.91 Å². The standard InChI is InChI=1S/C20H16ClN3O2/c1-12-11-16(14-7-4-6-10-18(14)22-12)20-24(13(2)25)23-19(26-20)15-8-3-5-9-17(15)21/h3-11,20H,1-2H3/t20-/m1/s1. The number of benzene rings is 2. The van der Waals surface area contributed by atoms with Crippen molar-refractivity contribution >= 4 is 34.3 Å². The fourth-order valence-corrected chi connectivity index (χ4v) is 3.27. The number of ether oxygens (including phenoxy) is 1. The third-order valence-corrected chi connectivity index (χ3v) is 4.54. The summed E-state index contributed by atoms with van der Waals surface area (Å²) in [5.41, 5.74) is 3.19. The summed E-state index contributed by atoms with van der Waals surface area (Å²) in [6.45, 7) is 3.38. The molecule has 0 radical (unpaired) electrons. The second-order valence-electron chi connectivity index (χ2n) is 6.09. The summed E-state index contributed by atoms with van der Waals surface area (Å²) in [6, 6.07) is 17.0. The minimum absolute atomic E-state index is 0.212. The molecule has 0 bridgehead atoms. The Kier molecular flexibility index (Phi) is 4.09. The van der Waals surface area contributed by atoms with Gasteiger partial charge in [-0.15, -0.1) is 5.10 Å².